The third-order valence-corrected chi connectivity index (χ3v) is 5.78. The largest absolute Gasteiger partial charge is 0.328 e. The molecule has 0 heterocycles. The van der Waals surface area contributed by atoms with Crippen LogP contribution in [0.15, 0.2) is 29.2 Å². The van der Waals surface area contributed by atoms with E-state index in [0.29, 0.717) is 22.8 Å². The normalized spacial score (nSPS) is 25.8. The van der Waals surface area contributed by atoms with Crippen LogP contribution < -0.4 is 5.73 Å². The van der Waals surface area contributed by atoms with Crippen LogP contribution in [0.3, 0.4) is 0 Å². The Kier molecular flexibility index (Phi) is 3.76. The molecule has 0 unspecified atom stereocenters. The van der Waals surface area contributed by atoms with Gasteiger partial charge in [-0.3, -0.25) is 0 Å². The second-order valence-corrected chi connectivity index (χ2v) is 7.20. The van der Waals surface area contributed by atoms with Crippen molar-refractivity contribution in [1.29, 1.82) is 0 Å². The third kappa shape index (κ3) is 2.81. The first-order valence-corrected chi connectivity index (χ1v) is 7.67. The van der Waals surface area contributed by atoms with Gasteiger partial charge in [0.15, 0.2) is 9.84 Å². The van der Waals surface area contributed by atoms with E-state index in [1.54, 1.807) is 18.2 Å². The van der Waals surface area contributed by atoms with E-state index in [-0.39, 0.29) is 11.3 Å². The van der Waals surface area contributed by atoms with Gasteiger partial charge in [0.05, 0.1) is 10.1 Å². The highest BCUT2D eigenvalue weighted by Gasteiger charge is 2.30. The summed E-state index contributed by atoms with van der Waals surface area (Å²) in [6, 6.07) is 6.63. The molecular formula is C12H16ClNO2S. The van der Waals surface area contributed by atoms with Crippen molar-refractivity contribution in [2.45, 2.75) is 41.9 Å². The first kappa shape index (κ1) is 12.9. The number of halogens is 1. The second kappa shape index (κ2) is 4.96. The van der Waals surface area contributed by atoms with Gasteiger partial charge in [-0.1, -0.05) is 17.7 Å². The van der Waals surface area contributed by atoms with Gasteiger partial charge < -0.3 is 5.73 Å². The molecule has 0 aliphatic heterocycles. The van der Waals surface area contributed by atoms with E-state index in [0.717, 1.165) is 12.8 Å². The SMILES string of the molecule is NC1CCC(S(=O)(=O)c2cccc(Cl)c2)CC1. The Morgan fingerprint density at radius 3 is 2.41 bits per heavy atom. The predicted molar refractivity (Wildman–Crippen MR) is 68.9 cm³/mol. The van der Waals surface area contributed by atoms with Crippen LogP contribution in [0.1, 0.15) is 25.7 Å². The summed E-state index contributed by atoms with van der Waals surface area (Å²) in [6.45, 7) is 0. The van der Waals surface area contributed by atoms with Crippen molar-refractivity contribution < 1.29 is 8.42 Å². The Balaban J connectivity index is 2.25. The monoisotopic (exact) mass is 273 g/mol. The summed E-state index contributed by atoms with van der Waals surface area (Å²) < 4.78 is 24.7. The van der Waals surface area contributed by atoms with Crippen LogP contribution >= 0.6 is 11.6 Å². The Labute approximate surface area is 107 Å². The first-order valence-electron chi connectivity index (χ1n) is 5.75. The van der Waals surface area contributed by atoms with Crippen LogP contribution in [-0.4, -0.2) is 19.7 Å². The lowest BCUT2D eigenvalue weighted by Gasteiger charge is -2.25. The van der Waals surface area contributed by atoms with E-state index in [2.05, 4.69) is 0 Å². The minimum Gasteiger partial charge on any atom is -0.328 e. The number of benzene rings is 1. The summed E-state index contributed by atoms with van der Waals surface area (Å²) in [5, 5.41) is 0.152. The summed E-state index contributed by atoms with van der Waals surface area (Å²) >= 11 is 5.83. The first-order chi connectivity index (χ1) is 8.00. The molecule has 0 spiro atoms. The minimum atomic E-state index is -3.25. The van der Waals surface area contributed by atoms with Crippen LogP contribution in [0.5, 0.6) is 0 Å². The van der Waals surface area contributed by atoms with Crippen molar-refractivity contribution in [2.24, 2.45) is 5.73 Å². The molecule has 0 aromatic heterocycles. The highest BCUT2D eigenvalue weighted by atomic mass is 35.5. The van der Waals surface area contributed by atoms with E-state index >= 15 is 0 Å². The summed E-state index contributed by atoms with van der Waals surface area (Å²) in [7, 11) is -3.25. The zero-order chi connectivity index (χ0) is 12.5. The number of sulfone groups is 1. The Morgan fingerprint density at radius 2 is 1.82 bits per heavy atom. The van der Waals surface area contributed by atoms with E-state index in [9.17, 15) is 8.42 Å². The standard InChI is InChI=1S/C12H16ClNO2S/c13-9-2-1-3-12(8-9)17(15,16)11-6-4-10(14)5-7-11/h1-3,8,10-11H,4-7,14H2. The smallest absolute Gasteiger partial charge is 0.181 e. The molecule has 1 aliphatic carbocycles. The number of hydrogen-bond acceptors (Lipinski definition) is 3. The average Bonchev–Trinajstić information content (AvgIpc) is 2.29. The van der Waals surface area contributed by atoms with Gasteiger partial charge in [-0.05, 0) is 43.9 Å². The number of rotatable bonds is 2. The number of hydrogen-bond donors (Lipinski definition) is 1. The lowest BCUT2D eigenvalue weighted by molar-refractivity contribution is 0.433. The molecule has 2 rings (SSSR count). The quantitative estimate of drug-likeness (QED) is 0.900. The maximum absolute atomic E-state index is 12.3. The molecule has 1 aromatic rings. The Hall–Kier alpha value is -0.580. The van der Waals surface area contributed by atoms with Gasteiger partial charge in [0.25, 0.3) is 0 Å². The van der Waals surface area contributed by atoms with Crippen LogP contribution in [0.2, 0.25) is 5.02 Å². The van der Waals surface area contributed by atoms with Crippen molar-refractivity contribution in [3.05, 3.63) is 29.3 Å². The Morgan fingerprint density at radius 1 is 1.18 bits per heavy atom. The maximum atomic E-state index is 12.3. The summed E-state index contributed by atoms with van der Waals surface area (Å²) in [5.41, 5.74) is 5.79. The Bertz CT molecular complexity index is 493. The zero-order valence-corrected chi connectivity index (χ0v) is 11.0. The van der Waals surface area contributed by atoms with Crippen molar-refractivity contribution in [1.82, 2.24) is 0 Å². The predicted octanol–water partition coefficient (Wildman–Crippen LogP) is 2.38. The molecule has 5 heteroatoms. The molecule has 94 valence electrons. The lowest BCUT2D eigenvalue weighted by Crippen LogP contribution is -2.33. The van der Waals surface area contributed by atoms with E-state index in [4.69, 9.17) is 17.3 Å². The molecule has 1 aliphatic rings. The van der Waals surface area contributed by atoms with Crippen molar-refractivity contribution >= 4 is 21.4 Å². The number of nitrogens with two attached hydrogens (primary N) is 1. The summed E-state index contributed by atoms with van der Waals surface area (Å²) in [5.74, 6) is 0. The molecule has 0 atom stereocenters. The van der Waals surface area contributed by atoms with E-state index < -0.39 is 9.84 Å². The van der Waals surface area contributed by atoms with Gasteiger partial charge in [0.1, 0.15) is 0 Å². The van der Waals surface area contributed by atoms with Crippen molar-refractivity contribution in [3.8, 4) is 0 Å². The highest BCUT2D eigenvalue weighted by Crippen LogP contribution is 2.29. The second-order valence-electron chi connectivity index (χ2n) is 4.54. The van der Waals surface area contributed by atoms with Crippen LogP contribution in [0.25, 0.3) is 0 Å². The fourth-order valence-corrected chi connectivity index (χ4v) is 4.33. The van der Waals surface area contributed by atoms with Gasteiger partial charge >= 0.3 is 0 Å². The fourth-order valence-electron chi connectivity index (χ4n) is 2.24. The summed E-state index contributed by atoms with van der Waals surface area (Å²) in [4.78, 5) is 0.325. The molecule has 17 heavy (non-hydrogen) atoms. The summed E-state index contributed by atoms with van der Waals surface area (Å²) in [6.07, 6.45) is 2.86. The molecule has 1 aromatic carbocycles. The minimum absolute atomic E-state index is 0.154. The molecule has 0 saturated heterocycles. The maximum Gasteiger partial charge on any atom is 0.181 e. The van der Waals surface area contributed by atoms with Gasteiger partial charge in [0, 0.05) is 11.1 Å². The molecule has 2 N–H and O–H groups in total. The van der Waals surface area contributed by atoms with Crippen LogP contribution in [0.4, 0.5) is 0 Å². The van der Waals surface area contributed by atoms with Crippen LogP contribution in [-0.2, 0) is 9.84 Å². The van der Waals surface area contributed by atoms with Crippen molar-refractivity contribution in [3.63, 3.8) is 0 Å². The van der Waals surface area contributed by atoms with Gasteiger partial charge in [0.2, 0.25) is 0 Å². The van der Waals surface area contributed by atoms with E-state index in [1.165, 1.54) is 6.07 Å². The molecule has 3 nitrogen and oxygen atoms in total. The molecule has 0 bridgehead atoms. The molecule has 0 amide bonds. The van der Waals surface area contributed by atoms with E-state index in [1.807, 2.05) is 0 Å². The highest BCUT2D eigenvalue weighted by molar-refractivity contribution is 7.92. The van der Waals surface area contributed by atoms with Crippen LogP contribution in [0, 0.1) is 0 Å². The zero-order valence-electron chi connectivity index (χ0n) is 9.47. The van der Waals surface area contributed by atoms with Gasteiger partial charge in [-0.2, -0.15) is 0 Å². The third-order valence-electron chi connectivity index (χ3n) is 3.28. The van der Waals surface area contributed by atoms with Gasteiger partial charge in [-0.25, -0.2) is 8.42 Å². The lowest BCUT2D eigenvalue weighted by atomic mass is 9.96. The fraction of sp³-hybridized carbons (Fsp3) is 0.500. The molecule has 1 fully saturated rings. The average molecular weight is 274 g/mol. The molecule has 1 saturated carbocycles. The molecule has 0 radical (unpaired) electrons. The van der Waals surface area contributed by atoms with Gasteiger partial charge in [-0.15, -0.1) is 0 Å². The van der Waals surface area contributed by atoms with Crippen molar-refractivity contribution in [2.75, 3.05) is 0 Å². The molecular weight excluding hydrogens is 258 g/mol. The topological polar surface area (TPSA) is 60.2 Å².